The van der Waals surface area contributed by atoms with Gasteiger partial charge in [-0.1, -0.05) is 110 Å². The lowest BCUT2D eigenvalue weighted by Crippen LogP contribution is -2.39. The second-order valence-corrected chi connectivity index (χ2v) is 12.2. The fourth-order valence-corrected chi connectivity index (χ4v) is 5.77. The number of hydrogen-bond donors (Lipinski definition) is 1. The van der Waals surface area contributed by atoms with Crippen LogP contribution in [0, 0.1) is 18.8 Å². The summed E-state index contributed by atoms with van der Waals surface area (Å²) in [5.41, 5.74) is 7.51. The summed E-state index contributed by atoms with van der Waals surface area (Å²) in [6.45, 7) is 14.9. The van der Waals surface area contributed by atoms with Gasteiger partial charge in [0.05, 0.1) is 5.54 Å². The zero-order valence-corrected chi connectivity index (χ0v) is 26.1. The molecule has 1 aromatic rings. The molecule has 222 valence electrons. The van der Waals surface area contributed by atoms with Crippen LogP contribution < -0.4 is 10.5 Å². The highest BCUT2D eigenvalue weighted by Crippen LogP contribution is 2.35. The molecule has 5 heteroatoms. The molecule has 39 heavy (non-hydrogen) atoms. The third-order valence-corrected chi connectivity index (χ3v) is 8.41. The molecule has 3 rings (SSSR count). The second-order valence-electron chi connectivity index (χ2n) is 12.2. The highest BCUT2D eigenvalue weighted by molar-refractivity contribution is 5.81. The molecule has 2 aliphatic rings. The molecule has 0 spiro atoms. The van der Waals surface area contributed by atoms with Crippen molar-refractivity contribution in [2.75, 3.05) is 13.1 Å². The van der Waals surface area contributed by atoms with Gasteiger partial charge in [0.25, 0.3) is 0 Å². The van der Waals surface area contributed by atoms with Gasteiger partial charge in [0.2, 0.25) is 0 Å². The van der Waals surface area contributed by atoms with Crippen molar-refractivity contribution in [2.45, 2.75) is 143 Å². The Kier molecular flexibility index (Phi) is 15.0. The predicted molar refractivity (Wildman–Crippen MR) is 167 cm³/mol. The average Bonchev–Trinajstić information content (AvgIpc) is 3.68. The van der Waals surface area contributed by atoms with Crippen LogP contribution in [0.5, 0.6) is 5.75 Å². The van der Waals surface area contributed by atoms with E-state index in [0.29, 0.717) is 5.92 Å². The Labute approximate surface area is 240 Å². The zero-order valence-electron chi connectivity index (χ0n) is 26.1. The second kappa shape index (κ2) is 17.6. The highest BCUT2D eigenvalue weighted by atomic mass is 16.5. The van der Waals surface area contributed by atoms with Crippen LogP contribution in [0.4, 0.5) is 0 Å². The Morgan fingerprint density at radius 3 is 2.15 bits per heavy atom. The minimum Gasteiger partial charge on any atom is -0.482 e. The number of guanidine groups is 1. The van der Waals surface area contributed by atoms with Gasteiger partial charge in [-0.15, -0.1) is 0 Å². The first-order valence-corrected chi connectivity index (χ1v) is 16.1. The molecule has 5 nitrogen and oxygen atoms in total. The smallest absolute Gasteiger partial charge is 0.191 e. The maximum Gasteiger partial charge on any atom is 0.191 e. The van der Waals surface area contributed by atoms with E-state index in [0.717, 1.165) is 42.7 Å². The number of ketones is 1. The summed E-state index contributed by atoms with van der Waals surface area (Å²) in [5, 5.41) is 0. The number of nitrogens with two attached hydrogens (primary N) is 1. The van der Waals surface area contributed by atoms with E-state index in [1.54, 1.807) is 6.92 Å². The molecule has 1 heterocycles. The van der Waals surface area contributed by atoms with Crippen LogP contribution in [-0.4, -0.2) is 41.4 Å². The van der Waals surface area contributed by atoms with Crippen molar-refractivity contribution in [3.63, 3.8) is 0 Å². The minimum absolute atomic E-state index is 0.112. The number of ether oxygens (including phenoxy) is 1. The van der Waals surface area contributed by atoms with Crippen molar-refractivity contribution in [1.82, 2.24) is 4.90 Å². The standard InChI is InChI=1S/C20H41N3.C14H18O2/c1-5-9-14-20(15-10-6-2)17-23(19(21)22-20)16-13-18(11-7-3)12-8-4;1-10-5-3-4-6-13(10)16-14(11(2)15)9-12-7-8-12/h18H,5-17H2,1-4H3,(H2,21,22);3-6,12,14H,7-9H2,1-2H3. The molecule has 0 aromatic heterocycles. The van der Waals surface area contributed by atoms with Crippen molar-refractivity contribution < 1.29 is 9.53 Å². The Morgan fingerprint density at radius 1 is 1.03 bits per heavy atom. The van der Waals surface area contributed by atoms with E-state index in [1.807, 2.05) is 31.2 Å². The van der Waals surface area contributed by atoms with Crippen molar-refractivity contribution in [3.8, 4) is 5.75 Å². The normalized spacial score (nSPS) is 17.0. The van der Waals surface area contributed by atoms with Gasteiger partial charge in [0.15, 0.2) is 17.8 Å². The molecule has 0 radical (unpaired) electrons. The SMILES string of the molecule is CC(=O)C(CC1CC1)Oc1ccccc1C.CCCCC1(CCCC)CN(CCC(CCC)CCC)C(N)=N1. The minimum atomic E-state index is -0.256. The molecule has 2 N–H and O–H groups in total. The number of benzene rings is 1. The molecule has 1 saturated carbocycles. The number of unbranched alkanes of at least 4 members (excludes halogenated alkanes) is 2. The molecule has 0 saturated heterocycles. The lowest BCUT2D eigenvalue weighted by molar-refractivity contribution is -0.124. The number of aryl methyl sites for hydroxylation is 1. The number of nitrogens with zero attached hydrogens (tertiary/aromatic N) is 2. The van der Waals surface area contributed by atoms with Gasteiger partial charge in [-0.25, -0.2) is 4.99 Å². The Morgan fingerprint density at radius 2 is 1.64 bits per heavy atom. The van der Waals surface area contributed by atoms with Crippen LogP contribution in [0.2, 0.25) is 0 Å². The lowest BCUT2D eigenvalue weighted by Gasteiger charge is -2.29. The van der Waals surface area contributed by atoms with Crippen LogP contribution in [-0.2, 0) is 4.79 Å². The largest absolute Gasteiger partial charge is 0.482 e. The van der Waals surface area contributed by atoms with E-state index in [4.69, 9.17) is 15.5 Å². The first-order valence-electron chi connectivity index (χ1n) is 16.1. The molecule has 0 bridgehead atoms. The fraction of sp³-hybridized carbons (Fsp3) is 0.765. The molecule has 1 aromatic carbocycles. The molecule has 1 aliphatic heterocycles. The van der Waals surface area contributed by atoms with Crippen molar-refractivity contribution in [1.29, 1.82) is 0 Å². The first kappa shape index (κ1) is 33.2. The van der Waals surface area contributed by atoms with Crippen molar-refractivity contribution in [3.05, 3.63) is 29.8 Å². The number of para-hydroxylation sites is 1. The molecule has 0 amide bonds. The molecule has 1 unspecified atom stereocenters. The van der Waals surface area contributed by atoms with Crippen LogP contribution >= 0.6 is 0 Å². The monoisotopic (exact) mass is 541 g/mol. The van der Waals surface area contributed by atoms with Crippen LogP contribution in [0.3, 0.4) is 0 Å². The highest BCUT2D eigenvalue weighted by Gasteiger charge is 2.37. The Balaban J connectivity index is 0.000000290. The topological polar surface area (TPSA) is 67.9 Å². The van der Waals surface area contributed by atoms with Gasteiger partial charge in [-0.2, -0.15) is 0 Å². The number of carbonyl (C=O) groups excluding carboxylic acids is 1. The van der Waals surface area contributed by atoms with Crippen molar-refractivity contribution >= 4 is 11.7 Å². The van der Waals surface area contributed by atoms with E-state index in [9.17, 15) is 4.79 Å². The van der Waals surface area contributed by atoms with Gasteiger partial charge >= 0.3 is 0 Å². The summed E-state index contributed by atoms with van der Waals surface area (Å²) in [6.07, 6.45) is 17.1. The van der Waals surface area contributed by atoms with Gasteiger partial charge in [0.1, 0.15) is 5.75 Å². The quantitative estimate of drug-likeness (QED) is 0.202. The van der Waals surface area contributed by atoms with Crippen LogP contribution in [0.25, 0.3) is 0 Å². The third kappa shape index (κ3) is 11.9. The summed E-state index contributed by atoms with van der Waals surface area (Å²) in [5.74, 6) is 3.35. The number of Topliss-reactive ketones (excluding diaryl/α,β-unsaturated/α-hetero) is 1. The van der Waals surface area contributed by atoms with E-state index in [1.165, 1.54) is 83.5 Å². The summed E-state index contributed by atoms with van der Waals surface area (Å²) < 4.78 is 5.81. The number of rotatable bonds is 18. The number of hydrogen-bond acceptors (Lipinski definition) is 5. The zero-order chi connectivity index (χ0) is 28.7. The van der Waals surface area contributed by atoms with E-state index in [-0.39, 0.29) is 17.4 Å². The van der Waals surface area contributed by atoms with Gasteiger partial charge in [0, 0.05) is 13.1 Å². The first-order chi connectivity index (χ1) is 18.8. The molecule has 1 atom stereocenters. The van der Waals surface area contributed by atoms with Crippen molar-refractivity contribution in [2.24, 2.45) is 22.6 Å². The summed E-state index contributed by atoms with van der Waals surface area (Å²) in [4.78, 5) is 18.8. The Bertz CT molecular complexity index is 850. The van der Waals surface area contributed by atoms with Crippen LogP contribution in [0.15, 0.2) is 29.3 Å². The molecular formula is C34H59N3O2. The van der Waals surface area contributed by atoms with Gasteiger partial charge < -0.3 is 15.4 Å². The summed E-state index contributed by atoms with van der Waals surface area (Å²) in [7, 11) is 0. The lowest BCUT2D eigenvalue weighted by atomic mass is 9.88. The maximum absolute atomic E-state index is 11.5. The molecule has 1 aliphatic carbocycles. The molecular weight excluding hydrogens is 482 g/mol. The van der Waals surface area contributed by atoms with E-state index >= 15 is 0 Å². The summed E-state index contributed by atoms with van der Waals surface area (Å²) in [6, 6.07) is 7.85. The summed E-state index contributed by atoms with van der Waals surface area (Å²) >= 11 is 0. The maximum atomic E-state index is 11.5. The van der Waals surface area contributed by atoms with E-state index in [2.05, 4.69) is 32.6 Å². The van der Waals surface area contributed by atoms with Gasteiger partial charge in [-0.3, -0.25) is 4.79 Å². The fourth-order valence-electron chi connectivity index (χ4n) is 5.77. The third-order valence-electron chi connectivity index (χ3n) is 8.41. The van der Waals surface area contributed by atoms with Crippen LogP contribution in [0.1, 0.15) is 130 Å². The molecule has 1 fully saturated rings. The number of aliphatic imine (C=N–C) groups is 1. The van der Waals surface area contributed by atoms with E-state index < -0.39 is 0 Å². The van der Waals surface area contributed by atoms with Gasteiger partial charge in [-0.05, 0) is 63.0 Å². The Hall–Kier alpha value is -2.04. The number of carbonyl (C=O) groups is 1. The average molecular weight is 542 g/mol. The predicted octanol–water partition coefficient (Wildman–Crippen LogP) is 8.47.